The van der Waals surface area contributed by atoms with Crippen molar-refractivity contribution in [2.24, 2.45) is 5.92 Å². The molecule has 0 saturated heterocycles. The zero-order valence-corrected chi connectivity index (χ0v) is 12.0. The van der Waals surface area contributed by atoms with E-state index >= 15 is 0 Å². The van der Waals surface area contributed by atoms with Crippen LogP contribution in [0, 0.1) is 17.2 Å². The molecule has 2 atom stereocenters. The van der Waals surface area contributed by atoms with Crippen molar-refractivity contribution in [1.29, 1.82) is 5.26 Å². The summed E-state index contributed by atoms with van der Waals surface area (Å²) in [6.45, 7) is 0. The first-order valence-corrected chi connectivity index (χ1v) is 6.94. The van der Waals surface area contributed by atoms with Crippen molar-refractivity contribution in [3.8, 4) is 6.07 Å². The van der Waals surface area contributed by atoms with Crippen LogP contribution in [0.15, 0.2) is 22.7 Å². The first-order chi connectivity index (χ1) is 8.61. The number of nitrogens with zero attached hydrogens (tertiary/aromatic N) is 1. The van der Waals surface area contributed by atoms with Gasteiger partial charge in [-0.25, -0.2) is 0 Å². The lowest BCUT2D eigenvalue weighted by molar-refractivity contribution is 0.0933. The van der Waals surface area contributed by atoms with Crippen LogP contribution in [0.25, 0.3) is 0 Å². The van der Waals surface area contributed by atoms with E-state index in [2.05, 4.69) is 27.3 Å². The maximum Gasteiger partial charge on any atom is 0.251 e. The van der Waals surface area contributed by atoms with Crippen molar-refractivity contribution in [3.05, 3.63) is 33.3 Å². The third-order valence-electron chi connectivity index (χ3n) is 3.18. The molecule has 0 radical (unpaired) electrons. The molecule has 1 aromatic rings. The number of halogens is 2. The second-order valence-corrected chi connectivity index (χ2v) is 5.64. The summed E-state index contributed by atoms with van der Waals surface area (Å²) in [7, 11) is 0. The highest BCUT2D eigenvalue weighted by atomic mass is 79.9. The van der Waals surface area contributed by atoms with Gasteiger partial charge in [0.25, 0.3) is 5.91 Å². The molecule has 0 heterocycles. The topological polar surface area (TPSA) is 52.9 Å². The van der Waals surface area contributed by atoms with Gasteiger partial charge in [0.1, 0.15) is 0 Å². The second kappa shape index (κ2) is 5.73. The summed E-state index contributed by atoms with van der Waals surface area (Å²) in [5.41, 5.74) is 0.551. The van der Waals surface area contributed by atoms with Crippen LogP contribution in [0.3, 0.4) is 0 Å². The standard InChI is InChI=1S/C13H12BrClN2O/c14-10-6-8(4-5-11(10)15)13(18)17-12-3-1-2-9(12)7-16/h4-6,9,12H,1-3H2,(H,17,18). The van der Waals surface area contributed by atoms with E-state index in [9.17, 15) is 4.79 Å². The van der Waals surface area contributed by atoms with E-state index in [0.29, 0.717) is 15.1 Å². The highest BCUT2D eigenvalue weighted by Crippen LogP contribution is 2.26. The van der Waals surface area contributed by atoms with Crippen LogP contribution in [-0.2, 0) is 0 Å². The minimum atomic E-state index is -0.153. The molecule has 2 unspecified atom stereocenters. The van der Waals surface area contributed by atoms with E-state index in [0.717, 1.165) is 19.3 Å². The first-order valence-electron chi connectivity index (χ1n) is 5.77. The average molecular weight is 328 g/mol. The van der Waals surface area contributed by atoms with Crippen molar-refractivity contribution in [2.75, 3.05) is 0 Å². The van der Waals surface area contributed by atoms with Crippen LogP contribution in [0.4, 0.5) is 0 Å². The molecule has 1 aliphatic rings. The number of benzene rings is 1. The number of carbonyl (C=O) groups excluding carboxylic acids is 1. The van der Waals surface area contributed by atoms with E-state index in [1.165, 1.54) is 0 Å². The lowest BCUT2D eigenvalue weighted by atomic mass is 10.1. The molecular weight excluding hydrogens is 316 g/mol. The summed E-state index contributed by atoms with van der Waals surface area (Å²) in [6, 6.07) is 7.26. The predicted molar refractivity (Wildman–Crippen MR) is 73.4 cm³/mol. The maximum atomic E-state index is 12.0. The van der Waals surface area contributed by atoms with Gasteiger partial charge in [0.2, 0.25) is 0 Å². The van der Waals surface area contributed by atoms with Crippen molar-refractivity contribution < 1.29 is 4.79 Å². The summed E-state index contributed by atoms with van der Waals surface area (Å²) in [4.78, 5) is 12.0. The Kier molecular flexibility index (Phi) is 4.26. The van der Waals surface area contributed by atoms with Crippen LogP contribution in [-0.4, -0.2) is 11.9 Å². The van der Waals surface area contributed by atoms with E-state index in [1.807, 2.05) is 0 Å². The van der Waals surface area contributed by atoms with Gasteiger partial charge in [0.15, 0.2) is 0 Å². The van der Waals surface area contributed by atoms with Gasteiger partial charge in [0.05, 0.1) is 17.0 Å². The summed E-state index contributed by atoms with van der Waals surface area (Å²) >= 11 is 9.17. The monoisotopic (exact) mass is 326 g/mol. The Morgan fingerprint density at radius 1 is 1.50 bits per heavy atom. The van der Waals surface area contributed by atoms with Gasteiger partial charge in [-0.1, -0.05) is 11.6 Å². The Morgan fingerprint density at radius 3 is 2.94 bits per heavy atom. The second-order valence-electron chi connectivity index (χ2n) is 4.38. The molecule has 1 N–H and O–H groups in total. The zero-order chi connectivity index (χ0) is 13.1. The number of amides is 1. The molecule has 0 bridgehead atoms. The quantitative estimate of drug-likeness (QED) is 0.903. The summed E-state index contributed by atoms with van der Waals surface area (Å²) in [6.07, 6.45) is 2.73. The van der Waals surface area contributed by atoms with Crippen molar-refractivity contribution in [1.82, 2.24) is 5.32 Å². The molecule has 0 spiro atoms. The Labute approximate surface area is 119 Å². The van der Waals surface area contributed by atoms with Gasteiger partial charge in [-0.05, 0) is 53.4 Å². The molecule has 94 valence electrons. The Morgan fingerprint density at radius 2 is 2.28 bits per heavy atom. The number of carbonyl (C=O) groups is 1. The molecule has 0 aliphatic heterocycles. The number of nitrogens with one attached hydrogen (secondary N) is 1. The smallest absolute Gasteiger partial charge is 0.251 e. The molecule has 1 amide bonds. The van der Waals surface area contributed by atoms with Gasteiger partial charge in [-0.15, -0.1) is 0 Å². The Hall–Kier alpha value is -1.05. The summed E-state index contributed by atoms with van der Waals surface area (Å²) in [5, 5.41) is 12.5. The zero-order valence-electron chi connectivity index (χ0n) is 9.62. The number of rotatable bonds is 2. The summed E-state index contributed by atoms with van der Waals surface area (Å²) in [5.74, 6) is -0.218. The number of hydrogen-bond acceptors (Lipinski definition) is 2. The van der Waals surface area contributed by atoms with E-state index in [-0.39, 0.29) is 17.9 Å². The average Bonchev–Trinajstić information content (AvgIpc) is 2.79. The molecule has 1 fully saturated rings. The molecule has 2 rings (SSSR count). The van der Waals surface area contributed by atoms with Crippen LogP contribution in [0.1, 0.15) is 29.6 Å². The third-order valence-corrected chi connectivity index (χ3v) is 4.39. The molecular formula is C13H12BrClN2O. The van der Waals surface area contributed by atoms with Gasteiger partial charge >= 0.3 is 0 Å². The van der Waals surface area contributed by atoms with Gasteiger partial charge in [-0.3, -0.25) is 4.79 Å². The highest BCUT2D eigenvalue weighted by Gasteiger charge is 2.28. The third kappa shape index (κ3) is 2.85. The van der Waals surface area contributed by atoms with Crippen LogP contribution in [0.5, 0.6) is 0 Å². The highest BCUT2D eigenvalue weighted by molar-refractivity contribution is 9.10. The summed E-state index contributed by atoms with van der Waals surface area (Å²) < 4.78 is 0.695. The number of hydrogen-bond donors (Lipinski definition) is 1. The Balaban J connectivity index is 2.08. The molecule has 1 aliphatic carbocycles. The molecule has 18 heavy (non-hydrogen) atoms. The molecule has 0 aromatic heterocycles. The van der Waals surface area contributed by atoms with Crippen molar-refractivity contribution >= 4 is 33.4 Å². The lowest BCUT2D eigenvalue weighted by Crippen LogP contribution is -2.36. The first kappa shape index (κ1) is 13.4. The Bertz CT molecular complexity index is 512. The van der Waals surface area contributed by atoms with E-state index < -0.39 is 0 Å². The van der Waals surface area contributed by atoms with Gasteiger partial charge in [-0.2, -0.15) is 5.26 Å². The van der Waals surface area contributed by atoms with Crippen molar-refractivity contribution in [2.45, 2.75) is 25.3 Å². The molecule has 1 saturated carbocycles. The minimum Gasteiger partial charge on any atom is -0.348 e. The van der Waals surface area contributed by atoms with Gasteiger partial charge < -0.3 is 5.32 Å². The fraction of sp³-hybridized carbons (Fsp3) is 0.385. The predicted octanol–water partition coefficient (Wildman–Crippen LogP) is 3.52. The number of nitriles is 1. The van der Waals surface area contributed by atoms with Crippen molar-refractivity contribution in [3.63, 3.8) is 0 Å². The van der Waals surface area contributed by atoms with E-state index in [1.54, 1.807) is 18.2 Å². The normalized spacial score (nSPS) is 22.5. The largest absolute Gasteiger partial charge is 0.348 e. The fourth-order valence-electron chi connectivity index (χ4n) is 2.18. The molecule has 5 heteroatoms. The molecule has 3 nitrogen and oxygen atoms in total. The minimum absolute atomic E-state index is 0.0306. The fourth-order valence-corrected chi connectivity index (χ4v) is 2.67. The molecule has 1 aromatic carbocycles. The van der Waals surface area contributed by atoms with Crippen LogP contribution >= 0.6 is 27.5 Å². The maximum absolute atomic E-state index is 12.0. The van der Waals surface area contributed by atoms with Crippen LogP contribution in [0.2, 0.25) is 5.02 Å². The lowest BCUT2D eigenvalue weighted by Gasteiger charge is -2.15. The van der Waals surface area contributed by atoms with Crippen LogP contribution < -0.4 is 5.32 Å². The van der Waals surface area contributed by atoms with E-state index in [4.69, 9.17) is 16.9 Å². The SMILES string of the molecule is N#CC1CCCC1NC(=O)c1ccc(Cl)c(Br)c1. The van der Waals surface area contributed by atoms with Gasteiger partial charge in [0, 0.05) is 16.1 Å².